The number of hydrogen-bond donors (Lipinski definition) is 0. The molecule has 0 N–H and O–H groups in total. The second-order valence-corrected chi connectivity index (χ2v) is 6.95. The van der Waals surface area contributed by atoms with Crippen LogP contribution in [0.15, 0.2) is 30.6 Å². The van der Waals surface area contributed by atoms with Crippen molar-refractivity contribution in [2.24, 2.45) is 5.92 Å². The Morgan fingerprint density at radius 1 is 1.24 bits per heavy atom. The largest absolute Gasteiger partial charge is 0.463 e. The van der Waals surface area contributed by atoms with Crippen LogP contribution >= 0.6 is 0 Å². The first-order valence-electron chi connectivity index (χ1n) is 8.82. The van der Waals surface area contributed by atoms with Crippen LogP contribution in [0, 0.1) is 12.8 Å². The highest BCUT2D eigenvalue weighted by molar-refractivity contribution is 5.43. The minimum Gasteiger partial charge on any atom is -0.463 e. The molecule has 0 amide bonds. The Hall–Kier alpha value is -2.28. The van der Waals surface area contributed by atoms with Gasteiger partial charge >= 0.3 is 6.01 Å². The van der Waals surface area contributed by atoms with Gasteiger partial charge < -0.3 is 14.4 Å². The molecule has 7 nitrogen and oxygen atoms in total. The fraction of sp³-hybridized carbons (Fsp3) is 0.556. The van der Waals surface area contributed by atoms with Crippen LogP contribution in [0.2, 0.25) is 0 Å². The highest BCUT2D eigenvalue weighted by Crippen LogP contribution is 2.39. The van der Waals surface area contributed by atoms with Gasteiger partial charge in [-0.1, -0.05) is 0 Å². The molecule has 0 bridgehead atoms. The van der Waals surface area contributed by atoms with E-state index >= 15 is 0 Å². The van der Waals surface area contributed by atoms with Crippen molar-refractivity contribution in [1.29, 1.82) is 0 Å². The zero-order chi connectivity index (χ0) is 17.1. The van der Waals surface area contributed by atoms with E-state index in [2.05, 4.69) is 25.1 Å². The Morgan fingerprint density at radius 3 is 2.84 bits per heavy atom. The average Bonchev–Trinajstić information content (AvgIpc) is 2.62. The first-order valence-corrected chi connectivity index (χ1v) is 8.82. The third-order valence-corrected chi connectivity index (χ3v) is 4.96. The van der Waals surface area contributed by atoms with E-state index in [1.807, 2.05) is 19.1 Å². The maximum atomic E-state index is 6.12. The topological polar surface area (TPSA) is 73.3 Å². The van der Waals surface area contributed by atoms with Crippen LogP contribution in [0.4, 0.5) is 5.82 Å². The van der Waals surface area contributed by atoms with Gasteiger partial charge in [0.15, 0.2) is 5.82 Å². The standard InChI is InChI=1S/C18H23N5O2/c1-14-3-4-16(22-21-14)23-12-18(13-23)11-15(6-10-25-18)5-9-24-17-19-7-2-8-20-17/h2-4,7-8,15H,5-6,9-13H2,1H3. The van der Waals surface area contributed by atoms with Crippen LogP contribution in [0.25, 0.3) is 0 Å². The number of hydrogen-bond acceptors (Lipinski definition) is 7. The van der Waals surface area contributed by atoms with Crippen molar-refractivity contribution in [1.82, 2.24) is 20.2 Å². The van der Waals surface area contributed by atoms with Gasteiger partial charge in [-0.3, -0.25) is 0 Å². The van der Waals surface area contributed by atoms with E-state index in [0.717, 1.165) is 50.5 Å². The van der Waals surface area contributed by atoms with Crippen molar-refractivity contribution in [2.45, 2.75) is 31.8 Å². The Balaban J connectivity index is 1.26. The van der Waals surface area contributed by atoms with E-state index in [1.54, 1.807) is 18.5 Å². The molecule has 2 aliphatic heterocycles. The van der Waals surface area contributed by atoms with Crippen molar-refractivity contribution in [3.05, 3.63) is 36.3 Å². The van der Waals surface area contributed by atoms with Gasteiger partial charge in [-0.25, -0.2) is 9.97 Å². The predicted octanol–water partition coefficient (Wildman–Crippen LogP) is 2.03. The molecule has 4 rings (SSSR count). The average molecular weight is 341 g/mol. The minimum absolute atomic E-state index is 0.0290. The van der Waals surface area contributed by atoms with E-state index < -0.39 is 0 Å². The molecule has 0 aliphatic carbocycles. The van der Waals surface area contributed by atoms with Crippen molar-refractivity contribution >= 4 is 5.82 Å². The minimum atomic E-state index is -0.0290. The molecule has 132 valence electrons. The van der Waals surface area contributed by atoms with Crippen LogP contribution < -0.4 is 9.64 Å². The van der Waals surface area contributed by atoms with Gasteiger partial charge in [-0.15, -0.1) is 5.10 Å². The number of aryl methyl sites for hydroxylation is 1. The fourth-order valence-electron chi connectivity index (χ4n) is 3.64. The summed E-state index contributed by atoms with van der Waals surface area (Å²) < 4.78 is 11.8. The molecule has 1 spiro atoms. The Kier molecular flexibility index (Phi) is 4.48. The first kappa shape index (κ1) is 16.2. The molecular formula is C18H23N5O2. The lowest BCUT2D eigenvalue weighted by Crippen LogP contribution is -2.65. The monoisotopic (exact) mass is 341 g/mol. The smallest absolute Gasteiger partial charge is 0.316 e. The Labute approximate surface area is 147 Å². The third-order valence-electron chi connectivity index (χ3n) is 4.96. The zero-order valence-electron chi connectivity index (χ0n) is 14.5. The summed E-state index contributed by atoms with van der Waals surface area (Å²) in [6.07, 6.45) is 6.56. The van der Waals surface area contributed by atoms with Gasteiger partial charge in [-0.05, 0) is 50.3 Å². The summed E-state index contributed by atoms with van der Waals surface area (Å²) in [4.78, 5) is 10.4. The van der Waals surface area contributed by atoms with Gasteiger partial charge in [0.25, 0.3) is 0 Å². The molecule has 7 heteroatoms. The van der Waals surface area contributed by atoms with E-state index in [1.165, 1.54) is 0 Å². The highest BCUT2D eigenvalue weighted by Gasteiger charge is 2.48. The molecule has 25 heavy (non-hydrogen) atoms. The van der Waals surface area contributed by atoms with E-state index in [4.69, 9.17) is 9.47 Å². The second-order valence-electron chi connectivity index (χ2n) is 6.95. The van der Waals surface area contributed by atoms with Crippen LogP contribution in [-0.4, -0.2) is 52.1 Å². The summed E-state index contributed by atoms with van der Waals surface area (Å²) in [6, 6.07) is 6.27. The molecule has 1 unspecified atom stereocenters. The van der Waals surface area contributed by atoms with Crippen LogP contribution in [0.3, 0.4) is 0 Å². The molecule has 2 aromatic heterocycles. The van der Waals surface area contributed by atoms with E-state index in [9.17, 15) is 0 Å². The summed E-state index contributed by atoms with van der Waals surface area (Å²) in [5.74, 6) is 1.55. The summed E-state index contributed by atoms with van der Waals surface area (Å²) in [6.45, 7) is 5.21. The number of nitrogens with zero attached hydrogens (tertiary/aromatic N) is 5. The predicted molar refractivity (Wildman–Crippen MR) is 92.5 cm³/mol. The summed E-state index contributed by atoms with van der Waals surface area (Å²) in [5, 5.41) is 8.41. The Morgan fingerprint density at radius 2 is 2.08 bits per heavy atom. The van der Waals surface area contributed by atoms with Gasteiger partial charge in [0.1, 0.15) is 5.60 Å². The molecule has 0 aromatic carbocycles. The first-order chi connectivity index (χ1) is 12.2. The lowest BCUT2D eigenvalue weighted by molar-refractivity contribution is -0.115. The molecular weight excluding hydrogens is 318 g/mol. The second kappa shape index (κ2) is 6.92. The SMILES string of the molecule is Cc1ccc(N2CC3(CC(CCOc4ncccn4)CCO3)C2)nn1. The summed E-state index contributed by atoms with van der Waals surface area (Å²) in [7, 11) is 0. The van der Waals surface area contributed by atoms with Gasteiger partial charge in [0.2, 0.25) is 0 Å². The van der Waals surface area contributed by atoms with E-state index in [0.29, 0.717) is 18.5 Å². The molecule has 4 heterocycles. The van der Waals surface area contributed by atoms with Crippen LogP contribution in [-0.2, 0) is 4.74 Å². The molecule has 2 aromatic rings. The van der Waals surface area contributed by atoms with Crippen LogP contribution in [0.5, 0.6) is 6.01 Å². The lowest BCUT2D eigenvalue weighted by atomic mass is 9.79. The molecule has 2 aliphatic rings. The quantitative estimate of drug-likeness (QED) is 0.824. The lowest BCUT2D eigenvalue weighted by Gasteiger charge is -2.53. The Bertz CT molecular complexity index is 688. The van der Waals surface area contributed by atoms with Crippen LogP contribution in [0.1, 0.15) is 25.0 Å². The normalized spacial score (nSPS) is 21.8. The molecule has 0 radical (unpaired) electrons. The van der Waals surface area contributed by atoms with Crippen molar-refractivity contribution in [3.8, 4) is 6.01 Å². The zero-order valence-corrected chi connectivity index (χ0v) is 14.5. The van der Waals surface area contributed by atoms with Crippen molar-refractivity contribution in [2.75, 3.05) is 31.2 Å². The van der Waals surface area contributed by atoms with Gasteiger partial charge in [-0.2, -0.15) is 5.10 Å². The maximum Gasteiger partial charge on any atom is 0.316 e. The number of aromatic nitrogens is 4. The third kappa shape index (κ3) is 3.71. The number of rotatable bonds is 5. The van der Waals surface area contributed by atoms with Crippen molar-refractivity contribution < 1.29 is 9.47 Å². The van der Waals surface area contributed by atoms with Gasteiger partial charge in [0.05, 0.1) is 25.4 Å². The maximum absolute atomic E-state index is 6.12. The fourth-order valence-corrected chi connectivity index (χ4v) is 3.64. The molecule has 2 saturated heterocycles. The van der Waals surface area contributed by atoms with Gasteiger partial charge in [0, 0.05) is 19.0 Å². The van der Waals surface area contributed by atoms with Crippen molar-refractivity contribution in [3.63, 3.8) is 0 Å². The molecule has 0 saturated carbocycles. The molecule has 1 atom stereocenters. The highest BCUT2D eigenvalue weighted by atomic mass is 16.5. The van der Waals surface area contributed by atoms with E-state index in [-0.39, 0.29) is 5.60 Å². The summed E-state index contributed by atoms with van der Waals surface area (Å²) in [5.41, 5.74) is 0.911. The summed E-state index contributed by atoms with van der Waals surface area (Å²) >= 11 is 0. The number of anilines is 1. The molecule has 2 fully saturated rings. The number of ether oxygens (including phenoxy) is 2.